The molecule has 0 saturated carbocycles. The van der Waals surface area contributed by atoms with Gasteiger partial charge in [-0.2, -0.15) is 0 Å². The summed E-state index contributed by atoms with van der Waals surface area (Å²) in [6, 6.07) is 1.39. The molecule has 1 fully saturated rings. The van der Waals surface area contributed by atoms with Crippen LogP contribution in [0.1, 0.15) is 39.5 Å². The van der Waals surface area contributed by atoms with Crippen LogP contribution < -0.4 is 5.32 Å². The standard InChI is InChI=1S/C12H26N2/c1-10(2)12(13-3)11-8-6-5-7-9-14(11)4/h10-13H,5-9H2,1-4H3. The largest absolute Gasteiger partial charge is 0.315 e. The molecule has 1 aliphatic rings. The van der Waals surface area contributed by atoms with Crippen LogP contribution in [0.5, 0.6) is 0 Å². The van der Waals surface area contributed by atoms with E-state index >= 15 is 0 Å². The minimum Gasteiger partial charge on any atom is -0.315 e. The molecule has 14 heavy (non-hydrogen) atoms. The molecule has 2 nitrogen and oxygen atoms in total. The van der Waals surface area contributed by atoms with Gasteiger partial charge in [-0.05, 0) is 39.4 Å². The van der Waals surface area contributed by atoms with Gasteiger partial charge in [0.2, 0.25) is 0 Å². The second kappa shape index (κ2) is 5.72. The van der Waals surface area contributed by atoms with E-state index in [4.69, 9.17) is 0 Å². The highest BCUT2D eigenvalue weighted by Crippen LogP contribution is 2.21. The number of rotatable bonds is 3. The van der Waals surface area contributed by atoms with Crippen molar-refractivity contribution in [1.29, 1.82) is 0 Å². The Labute approximate surface area is 89.1 Å². The smallest absolute Gasteiger partial charge is 0.0248 e. The van der Waals surface area contributed by atoms with E-state index in [1.54, 1.807) is 0 Å². The summed E-state index contributed by atoms with van der Waals surface area (Å²) >= 11 is 0. The molecule has 2 heteroatoms. The van der Waals surface area contributed by atoms with Gasteiger partial charge in [-0.1, -0.05) is 26.7 Å². The van der Waals surface area contributed by atoms with Crippen molar-refractivity contribution >= 4 is 0 Å². The first-order valence-corrected chi connectivity index (χ1v) is 6.04. The van der Waals surface area contributed by atoms with Crippen molar-refractivity contribution in [3.63, 3.8) is 0 Å². The van der Waals surface area contributed by atoms with Crippen LogP contribution >= 0.6 is 0 Å². The van der Waals surface area contributed by atoms with Crippen LogP contribution in [0.25, 0.3) is 0 Å². The summed E-state index contributed by atoms with van der Waals surface area (Å²) in [6.07, 6.45) is 5.55. The molecule has 0 spiro atoms. The summed E-state index contributed by atoms with van der Waals surface area (Å²) in [6.45, 7) is 5.91. The number of nitrogens with zero attached hydrogens (tertiary/aromatic N) is 1. The van der Waals surface area contributed by atoms with Gasteiger partial charge >= 0.3 is 0 Å². The normalized spacial score (nSPS) is 27.6. The third-order valence-electron chi connectivity index (χ3n) is 3.54. The highest BCUT2D eigenvalue weighted by Gasteiger charge is 2.27. The molecular formula is C12H26N2. The van der Waals surface area contributed by atoms with Crippen molar-refractivity contribution in [2.75, 3.05) is 20.6 Å². The number of likely N-dealkylation sites (N-methyl/N-ethyl adjacent to an activating group) is 2. The first kappa shape index (κ1) is 12.0. The summed E-state index contributed by atoms with van der Waals surface area (Å²) in [7, 11) is 4.38. The zero-order valence-electron chi connectivity index (χ0n) is 10.2. The molecule has 0 radical (unpaired) electrons. The van der Waals surface area contributed by atoms with E-state index in [-0.39, 0.29) is 0 Å². The zero-order valence-corrected chi connectivity index (χ0v) is 10.2. The number of nitrogens with one attached hydrogen (secondary N) is 1. The number of hydrogen-bond acceptors (Lipinski definition) is 2. The summed E-state index contributed by atoms with van der Waals surface area (Å²) in [4.78, 5) is 2.55. The molecule has 0 aliphatic carbocycles. The van der Waals surface area contributed by atoms with Crippen LogP contribution in [0.15, 0.2) is 0 Å². The molecule has 2 atom stereocenters. The van der Waals surface area contributed by atoms with Crippen molar-refractivity contribution in [2.45, 2.75) is 51.6 Å². The average molecular weight is 198 g/mol. The van der Waals surface area contributed by atoms with Gasteiger partial charge < -0.3 is 10.2 Å². The molecule has 2 unspecified atom stereocenters. The third kappa shape index (κ3) is 2.96. The van der Waals surface area contributed by atoms with Crippen LogP contribution in [-0.2, 0) is 0 Å². The van der Waals surface area contributed by atoms with E-state index in [0.29, 0.717) is 6.04 Å². The Kier molecular flexibility index (Phi) is 4.90. The van der Waals surface area contributed by atoms with Crippen LogP contribution in [0.3, 0.4) is 0 Å². The highest BCUT2D eigenvalue weighted by atomic mass is 15.2. The van der Waals surface area contributed by atoms with Crippen LogP contribution in [0.4, 0.5) is 0 Å². The van der Waals surface area contributed by atoms with Crippen molar-refractivity contribution < 1.29 is 0 Å². The fraction of sp³-hybridized carbons (Fsp3) is 1.00. The van der Waals surface area contributed by atoms with Gasteiger partial charge in [0.1, 0.15) is 0 Å². The molecule has 84 valence electrons. The van der Waals surface area contributed by atoms with Gasteiger partial charge in [0.15, 0.2) is 0 Å². The Bertz CT molecular complexity index is 156. The van der Waals surface area contributed by atoms with E-state index in [0.717, 1.165) is 12.0 Å². The van der Waals surface area contributed by atoms with E-state index in [1.165, 1.54) is 32.2 Å². The Hall–Kier alpha value is -0.0800. The number of hydrogen-bond donors (Lipinski definition) is 1. The summed E-state index contributed by atoms with van der Waals surface area (Å²) in [5.74, 6) is 0.727. The lowest BCUT2D eigenvalue weighted by molar-refractivity contribution is 0.171. The quantitative estimate of drug-likeness (QED) is 0.747. The topological polar surface area (TPSA) is 15.3 Å². The second-order valence-electron chi connectivity index (χ2n) is 4.96. The zero-order chi connectivity index (χ0) is 10.6. The van der Waals surface area contributed by atoms with Gasteiger partial charge in [-0.3, -0.25) is 0 Å². The van der Waals surface area contributed by atoms with E-state index in [2.05, 4.69) is 38.2 Å². The molecule has 0 aromatic heterocycles. The minimum absolute atomic E-state index is 0.651. The molecule has 1 rings (SSSR count). The van der Waals surface area contributed by atoms with E-state index in [9.17, 15) is 0 Å². The summed E-state index contributed by atoms with van der Waals surface area (Å²) in [5.41, 5.74) is 0. The molecule has 0 aromatic carbocycles. The SMILES string of the molecule is CNC(C(C)C)C1CCCCCN1C. The molecule has 0 amide bonds. The number of likely N-dealkylation sites (tertiary alicyclic amines) is 1. The van der Waals surface area contributed by atoms with Crippen molar-refractivity contribution in [2.24, 2.45) is 5.92 Å². The summed E-state index contributed by atoms with van der Waals surface area (Å²) in [5, 5.41) is 3.49. The molecule has 1 saturated heterocycles. The Morgan fingerprint density at radius 1 is 1.21 bits per heavy atom. The maximum atomic E-state index is 3.49. The van der Waals surface area contributed by atoms with Gasteiger partial charge in [0.05, 0.1) is 0 Å². The molecule has 1 heterocycles. The second-order valence-corrected chi connectivity index (χ2v) is 4.96. The summed E-state index contributed by atoms with van der Waals surface area (Å²) < 4.78 is 0. The van der Waals surface area contributed by atoms with Gasteiger partial charge in [0.25, 0.3) is 0 Å². The molecule has 1 aliphatic heterocycles. The predicted molar refractivity (Wildman–Crippen MR) is 62.6 cm³/mol. The van der Waals surface area contributed by atoms with Crippen LogP contribution in [-0.4, -0.2) is 37.6 Å². The van der Waals surface area contributed by atoms with Gasteiger partial charge in [0, 0.05) is 12.1 Å². The maximum absolute atomic E-state index is 3.49. The Morgan fingerprint density at radius 2 is 1.93 bits per heavy atom. The van der Waals surface area contributed by atoms with Gasteiger partial charge in [-0.25, -0.2) is 0 Å². The van der Waals surface area contributed by atoms with Crippen molar-refractivity contribution in [1.82, 2.24) is 10.2 Å². The maximum Gasteiger partial charge on any atom is 0.0248 e. The fourth-order valence-corrected chi connectivity index (χ4v) is 2.70. The Morgan fingerprint density at radius 3 is 2.50 bits per heavy atom. The lowest BCUT2D eigenvalue weighted by Crippen LogP contribution is -2.49. The Balaban J connectivity index is 2.60. The predicted octanol–water partition coefficient (Wildman–Crippen LogP) is 2.10. The van der Waals surface area contributed by atoms with E-state index in [1.807, 2.05) is 0 Å². The monoisotopic (exact) mass is 198 g/mol. The molecule has 1 N–H and O–H groups in total. The first-order valence-electron chi connectivity index (χ1n) is 6.04. The van der Waals surface area contributed by atoms with Crippen LogP contribution in [0.2, 0.25) is 0 Å². The van der Waals surface area contributed by atoms with Crippen molar-refractivity contribution in [3.05, 3.63) is 0 Å². The van der Waals surface area contributed by atoms with Crippen molar-refractivity contribution in [3.8, 4) is 0 Å². The molecule has 0 bridgehead atoms. The third-order valence-corrected chi connectivity index (χ3v) is 3.54. The highest BCUT2D eigenvalue weighted by molar-refractivity contribution is 4.86. The molecular weight excluding hydrogens is 172 g/mol. The lowest BCUT2D eigenvalue weighted by atomic mass is 9.92. The van der Waals surface area contributed by atoms with Gasteiger partial charge in [-0.15, -0.1) is 0 Å². The molecule has 0 aromatic rings. The average Bonchev–Trinajstić information content (AvgIpc) is 2.33. The fourth-order valence-electron chi connectivity index (χ4n) is 2.70. The first-order chi connectivity index (χ1) is 6.66. The van der Waals surface area contributed by atoms with Crippen LogP contribution in [0, 0.1) is 5.92 Å². The van der Waals surface area contributed by atoms with E-state index < -0.39 is 0 Å². The lowest BCUT2D eigenvalue weighted by Gasteiger charge is -2.35. The minimum atomic E-state index is 0.651.